The largest absolute Gasteiger partial charge is 0.497 e. The van der Waals surface area contributed by atoms with E-state index in [9.17, 15) is 4.79 Å². The number of amides is 1. The number of benzene rings is 2. The molecule has 3 rings (SSSR count). The lowest BCUT2D eigenvalue weighted by Crippen LogP contribution is -2.39. The van der Waals surface area contributed by atoms with Crippen LogP contribution in [0.15, 0.2) is 60.9 Å². The summed E-state index contributed by atoms with van der Waals surface area (Å²) in [5.41, 5.74) is 2.11. The SMILES string of the molecule is COc1cccc(C(CNC(=O)C(Cc2ccccc2)n2cnnn2)N(C)C)c1. The second-order valence-corrected chi connectivity index (χ2v) is 7.00. The summed E-state index contributed by atoms with van der Waals surface area (Å²) in [7, 11) is 5.62. The normalized spacial score (nSPS) is 13.1. The summed E-state index contributed by atoms with van der Waals surface area (Å²) >= 11 is 0. The average molecular weight is 394 g/mol. The molecule has 0 saturated carbocycles. The van der Waals surface area contributed by atoms with Crippen LogP contribution in [0.4, 0.5) is 0 Å². The smallest absolute Gasteiger partial charge is 0.245 e. The Kier molecular flexibility index (Phi) is 6.91. The highest BCUT2D eigenvalue weighted by atomic mass is 16.5. The van der Waals surface area contributed by atoms with Gasteiger partial charge in [0.25, 0.3) is 0 Å². The molecule has 0 saturated heterocycles. The van der Waals surface area contributed by atoms with Crippen molar-refractivity contribution in [2.24, 2.45) is 0 Å². The zero-order valence-corrected chi connectivity index (χ0v) is 16.9. The molecule has 29 heavy (non-hydrogen) atoms. The van der Waals surface area contributed by atoms with E-state index < -0.39 is 6.04 Å². The molecule has 3 aromatic rings. The van der Waals surface area contributed by atoms with E-state index in [1.165, 1.54) is 11.0 Å². The number of aromatic nitrogens is 4. The molecular weight excluding hydrogens is 368 g/mol. The lowest BCUT2D eigenvalue weighted by Gasteiger charge is -2.26. The van der Waals surface area contributed by atoms with Crippen LogP contribution in [0.2, 0.25) is 0 Å². The van der Waals surface area contributed by atoms with E-state index in [0.29, 0.717) is 13.0 Å². The number of hydrogen-bond acceptors (Lipinski definition) is 6. The Balaban J connectivity index is 1.74. The third-order valence-electron chi connectivity index (χ3n) is 4.83. The van der Waals surface area contributed by atoms with Crippen molar-refractivity contribution in [3.63, 3.8) is 0 Å². The number of rotatable bonds is 9. The van der Waals surface area contributed by atoms with Crippen LogP contribution in [0.1, 0.15) is 23.2 Å². The lowest BCUT2D eigenvalue weighted by atomic mass is 10.0. The molecule has 0 aliphatic carbocycles. The van der Waals surface area contributed by atoms with Gasteiger partial charge in [-0.05, 0) is 47.8 Å². The quantitative estimate of drug-likeness (QED) is 0.597. The highest BCUT2D eigenvalue weighted by Gasteiger charge is 2.24. The number of carbonyl (C=O) groups is 1. The molecule has 0 spiro atoms. The average Bonchev–Trinajstić information content (AvgIpc) is 3.27. The minimum atomic E-state index is -0.527. The number of hydrogen-bond donors (Lipinski definition) is 1. The summed E-state index contributed by atoms with van der Waals surface area (Å²) in [5, 5.41) is 14.4. The van der Waals surface area contributed by atoms with Gasteiger partial charge in [-0.1, -0.05) is 42.5 Å². The van der Waals surface area contributed by atoms with Crippen molar-refractivity contribution in [1.29, 1.82) is 0 Å². The van der Waals surface area contributed by atoms with E-state index in [-0.39, 0.29) is 11.9 Å². The fourth-order valence-electron chi connectivity index (χ4n) is 3.22. The van der Waals surface area contributed by atoms with Gasteiger partial charge in [0.2, 0.25) is 5.91 Å². The standard InChI is InChI=1S/C21H26N6O2/c1-26(2)20(17-10-7-11-18(13-17)29-3)14-22-21(28)19(27-15-23-24-25-27)12-16-8-5-4-6-9-16/h4-11,13,15,19-20H,12,14H2,1-3H3,(H,22,28). The Labute approximate surface area is 170 Å². The first-order chi connectivity index (χ1) is 14.1. The first kappa shape index (κ1) is 20.5. The van der Waals surface area contributed by atoms with Gasteiger partial charge >= 0.3 is 0 Å². The summed E-state index contributed by atoms with van der Waals surface area (Å²) in [6.45, 7) is 0.451. The van der Waals surface area contributed by atoms with Crippen LogP contribution >= 0.6 is 0 Å². The Morgan fingerprint density at radius 2 is 1.97 bits per heavy atom. The number of likely N-dealkylation sites (N-methyl/N-ethyl adjacent to an activating group) is 1. The molecule has 0 bridgehead atoms. The van der Waals surface area contributed by atoms with Crippen molar-refractivity contribution in [2.45, 2.75) is 18.5 Å². The highest BCUT2D eigenvalue weighted by Crippen LogP contribution is 2.22. The molecule has 0 aliphatic rings. The van der Waals surface area contributed by atoms with Gasteiger partial charge in [0, 0.05) is 13.0 Å². The third-order valence-corrected chi connectivity index (χ3v) is 4.83. The van der Waals surface area contributed by atoms with Crippen LogP contribution in [0.3, 0.4) is 0 Å². The van der Waals surface area contributed by atoms with Crippen molar-refractivity contribution in [3.8, 4) is 5.75 Å². The van der Waals surface area contributed by atoms with E-state index in [2.05, 4.69) is 25.7 Å². The maximum Gasteiger partial charge on any atom is 0.245 e. The molecule has 1 heterocycles. The van der Waals surface area contributed by atoms with Crippen molar-refractivity contribution in [2.75, 3.05) is 27.7 Å². The molecule has 0 radical (unpaired) electrons. The van der Waals surface area contributed by atoms with Crippen LogP contribution in [-0.4, -0.2) is 58.8 Å². The van der Waals surface area contributed by atoms with Crippen molar-refractivity contribution >= 4 is 5.91 Å². The molecule has 2 atom stereocenters. The molecule has 2 unspecified atom stereocenters. The summed E-state index contributed by atoms with van der Waals surface area (Å²) in [6, 6.07) is 17.2. The molecule has 8 heteroatoms. The van der Waals surface area contributed by atoms with Gasteiger partial charge in [0.1, 0.15) is 18.1 Å². The number of tetrazole rings is 1. The molecule has 0 fully saturated rings. The second kappa shape index (κ2) is 9.79. The third kappa shape index (κ3) is 5.39. The number of nitrogens with zero attached hydrogens (tertiary/aromatic N) is 5. The van der Waals surface area contributed by atoms with Gasteiger partial charge in [0.05, 0.1) is 13.2 Å². The lowest BCUT2D eigenvalue weighted by molar-refractivity contribution is -0.124. The molecule has 152 valence electrons. The van der Waals surface area contributed by atoms with Gasteiger partial charge in [-0.25, -0.2) is 4.68 Å². The number of ether oxygens (including phenoxy) is 1. The van der Waals surface area contributed by atoms with Gasteiger partial charge in [-0.2, -0.15) is 0 Å². The Hall–Kier alpha value is -3.26. The van der Waals surface area contributed by atoms with E-state index in [0.717, 1.165) is 16.9 Å². The van der Waals surface area contributed by atoms with Crippen LogP contribution in [-0.2, 0) is 11.2 Å². The first-order valence-corrected chi connectivity index (χ1v) is 9.43. The second-order valence-electron chi connectivity index (χ2n) is 7.00. The van der Waals surface area contributed by atoms with Crippen molar-refractivity contribution in [1.82, 2.24) is 30.4 Å². The van der Waals surface area contributed by atoms with Crippen molar-refractivity contribution in [3.05, 3.63) is 72.1 Å². The minimum absolute atomic E-state index is 0.000275. The van der Waals surface area contributed by atoms with Gasteiger partial charge in [-0.3, -0.25) is 4.79 Å². The zero-order valence-electron chi connectivity index (χ0n) is 16.9. The maximum absolute atomic E-state index is 13.1. The summed E-state index contributed by atoms with van der Waals surface area (Å²) in [6.07, 6.45) is 1.97. The fourth-order valence-corrected chi connectivity index (χ4v) is 3.22. The Bertz CT molecular complexity index is 899. The van der Waals surface area contributed by atoms with Crippen LogP contribution in [0.25, 0.3) is 0 Å². The summed E-state index contributed by atoms with van der Waals surface area (Å²) < 4.78 is 6.83. The Morgan fingerprint density at radius 3 is 2.62 bits per heavy atom. The zero-order chi connectivity index (χ0) is 20.6. The number of carbonyl (C=O) groups excluding carboxylic acids is 1. The van der Waals surface area contributed by atoms with E-state index in [1.54, 1.807) is 7.11 Å². The molecular formula is C21H26N6O2. The molecule has 1 N–H and O–H groups in total. The first-order valence-electron chi connectivity index (χ1n) is 9.43. The number of methoxy groups -OCH3 is 1. The van der Waals surface area contributed by atoms with Gasteiger partial charge in [-0.15, -0.1) is 5.10 Å². The maximum atomic E-state index is 13.1. The summed E-state index contributed by atoms with van der Waals surface area (Å²) in [5.74, 6) is 0.659. The minimum Gasteiger partial charge on any atom is -0.497 e. The van der Waals surface area contributed by atoms with Gasteiger partial charge in [0.15, 0.2) is 0 Å². The summed E-state index contributed by atoms with van der Waals surface area (Å²) in [4.78, 5) is 15.1. The van der Waals surface area contributed by atoms with E-state index in [1.807, 2.05) is 68.7 Å². The topological polar surface area (TPSA) is 85.2 Å². The fraction of sp³-hybridized carbons (Fsp3) is 0.333. The van der Waals surface area contributed by atoms with Crippen LogP contribution in [0.5, 0.6) is 5.75 Å². The predicted molar refractivity (Wildman–Crippen MR) is 109 cm³/mol. The molecule has 2 aromatic carbocycles. The van der Waals surface area contributed by atoms with E-state index in [4.69, 9.17) is 4.74 Å². The molecule has 1 aromatic heterocycles. The predicted octanol–water partition coefficient (Wildman–Crippen LogP) is 1.88. The molecule has 1 amide bonds. The molecule has 0 aliphatic heterocycles. The highest BCUT2D eigenvalue weighted by molar-refractivity contribution is 5.80. The molecule has 8 nitrogen and oxygen atoms in total. The van der Waals surface area contributed by atoms with Gasteiger partial charge < -0.3 is 15.0 Å². The van der Waals surface area contributed by atoms with E-state index >= 15 is 0 Å². The monoisotopic (exact) mass is 394 g/mol. The number of nitrogens with one attached hydrogen (secondary N) is 1. The van der Waals surface area contributed by atoms with Crippen molar-refractivity contribution < 1.29 is 9.53 Å². The van der Waals surface area contributed by atoms with Crippen LogP contribution in [0, 0.1) is 0 Å². The van der Waals surface area contributed by atoms with Crippen LogP contribution < -0.4 is 10.1 Å². The Morgan fingerprint density at radius 1 is 1.17 bits per heavy atom.